The van der Waals surface area contributed by atoms with E-state index in [2.05, 4.69) is 10.6 Å². The van der Waals surface area contributed by atoms with Crippen LogP contribution in [0.4, 0.5) is 4.79 Å². The van der Waals surface area contributed by atoms with Crippen molar-refractivity contribution in [2.45, 2.75) is 57.2 Å². The number of alkyl carbamates (subject to hydrolysis) is 1. The molecule has 3 aromatic carbocycles. The molecule has 4 rings (SSSR count). The van der Waals surface area contributed by atoms with Crippen LogP contribution in [-0.2, 0) is 30.5 Å². The van der Waals surface area contributed by atoms with Crippen molar-refractivity contribution in [1.82, 2.24) is 10.6 Å². The molecule has 0 aromatic heterocycles. The molecule has 41 heavy (non-hydrogen) atoms. The molecule has 2 amide bonds. The smallest absolute Gasteiger partial charge is 0.407 e. The summed E-state index contributed by atoms with van der Waals surface area (Å²) in [5.41, 5.74) is 5.01. The van der Waals surface area contributed by atoms with Crippen molar-refractivity contribution < 1.29 is 33.8 Å². The Balaban J connectivity index is 1.42. The molecule has 9 heteroatoms. The number of nitrogens with one attached hydrogen (secondary N) is 2. The minimum absolute atomic E-state index is 0.0103. The summed E-state index contributed by atoms with van der Waals surface area (Å²) in [7, 11) is 0. The van der Waals surface area contributed by atoms with Gasteiger partial charge in [-0.1, -0.05) is 92.2 Å². The minimum atomic E-state index is -1.32. The lowest BCUT2D eigenvalue weighted by Crippen LogP contribution is -2.51. The number of amides is 2. The number of rotatable bonds is 13. The average Bonchev–Trinajstić information content (AvgIpc) is 3.28. The first-order chi connectivity index (χ1) is 19.9. The predicted octanol–water partition coefficient (Wildman–Crippen LogP) is 4.79. The Kier molecular flexibility index (Phi) is 10.1. The van der Waals surface area contributed by atoms with Crippen LogP contribution in [-0.4, -0.2) is 47.7 Å². The Morgan fingerprint density at radius 3 is 2.02 bits per heavy atom. The van der Waals surface area contributed by atoms with E-state index in [-0.39, 0.29) is 25.6 Å². The molecule has 0 saturated heterocycles. The molecule has 214 valence electrons. The maximum Gasteiger partial charge on any atom is 0.407 e. The number of benzene rings is 3. The maximum absolute atomic E-state index is 13.2. The third-order valence-electron chi connectivity index (χ3n) is 6.97. The summed E-state index contributed by atoms with van der Waals surface area (Å²) in [6.45, 7) is 1.91. The number of fused-ring (bicyclic) bond motifs is 3. The fraction of sp³-hybridized carbons (Fsp3) is 0.312. The lowest BCUT2D eigenvalue weighted by Gasteiger charge is -2.22. The van der Waals surface area contributed by atoms with Crippen LogP contribution in [0.5, 0.6) is 0 Å². The van der Waals surface area contributed by atoms with Gasteiger partial charge in [0.2, 0.25) is 5.91 Å². The summed E-state index contributed by atoms with van der Waals surface area (Å²) in [5.74, 6) is -2.62. The molecule has 0 aliphatic heterocycles. The van der Waals surface area contributed by atoms with E-state index in [1.807, 2.05) is 73.7 Å². The van der Waals surface area contributed by atoms with E-state index in [4.69, 9.17) is 9.47 Å². The number of carboxylic acids is 1. The molecule has 0 radical (unpaired) electrons. The number of aliphatic carboxylic acids is 1. The van der Waals surface area contributed by atoms with Gasteiger partial charge in [0.1, 0.15) is 19.3 Å². The van der Waals surface area contributed by atoms with Gasteiger partial charge in [-0.15, -0.1) is 0 Å². The molecule has 3 aromatic rings. The van der Waals surface area contributed by atoms with Crippen LogP contribution < -0.4 is 10.6 Å². The van der Waals surface area contributed by atoms with Gasteiger partial charge in [-0.05, 0) is 34.2 Å². The molecule has 9 nitrogen and oxygen atoms in total. The van der Waals surface area contributed by atoms with Crippen LogP contribution in [0, 0.1) is 0 Å². The van der Waals surface area contributed by atoms with Gasteiger partial charge in [0, 0.05) is 12.0 Å². The van der Waals surface area contributed by atoms with Gasteiger partial charge in [0.05, 0.1) is 12.8 Å². The van der Waals surface area contributed by atoms with E-state index in [9.17, 15) is 24.3 Å². The molecule has 0 saturated carbocycles. The van der Waals surface area contributed by atoms with E-state index in [0.29, 0.717) is 12.8 Å². The fourth-order valence-electron chi connectivity index (χ4n) is 5.04. The van der Waals surface area contributed by atoms with E-state index in [0.717, 1.165) is 27.8 Å². The summed E-state index contributed by atoms with van der Waals surface area (Å²) < 4.78 is 10.9. The summed E-state index contributed by atoms with van der Waals surface area (Å²) in [4.78, 5) is 50.0. The number of carbonyl (C=O) groups excluding carboxylic acids is 3. The number of hydrogen-bond donors (Lipinski definition) is 3. The normalized spacial score (nSPS) is 13.3. The zero-order valence-electron chi connectivity index (χ0n) is 22.9. The van der Waals surface area contributed by atoms with E-state index in [1.165, 1.54) is 0 Å². The molecule has 0 spiro atoms. The van der Waals surface area contributed by atoms with E-state index < -0.39 is 42.4 Å². The highest BCUT2D eigenvalue weighted by atomic mass is 16.5. The maximum atomic E-state index is 13.2. The van der Waals surface area contributed by atoms with Crippen LogP contribution >= 0.6 is 0 Å². The molecular weight excluding hydrogens is 524 g/mol. The van der Waals surface area contributed by atoms with Gasteiger partial charge < -0.3 is 25.2 Å². The van der Waals surface area contributed by atoms with Crippen molar-refractivity contribution in [1.29, 1.82) is 0 Å². The highest BCUT2D eigenvalue weighted by molar-refractivity contribution is 5.90. The molecule has 0 fully saturated rings. The highest BCUT2D eigenvalue weighted by Gasteiger charge is 2.31. The van der Waals surface area contributed by atoms with Crippen molar-refractivity contribution in [2.24, 2.45) is 0 Å². The third kappa shape index (κ3) is 7.94. The van der Waals surface area contributed by atoms with Crippen LogP contribution in [0.25, 0.3) is 11.1 Å². The van der Waals surface area contributed by atoms with Crippen LogP contribution in [0.1, 0.15) is 55.2 Å². The zero-order valence-corrected chi connectivity index (χ0v) is 22.9. The second-order valence-corrected chi connectivity index (χ2v) is 9.96. The topological polar surface area (TPSA) is 131 Å². The van der Waals surface area contributed by atoms with Crippen molar-refractivity contribution in [3.05, 3.63) is 95.6 Å². The standard InChI is InChI=1S/C32H34N2O7/c1-2-10-22(17-29(35)36)33-31(38)28(18-30(37)40-19-21-11-4-3-5-12-21)34-32(39)41-20-27-25-15-8-6-13-23(25)24-14-7-9-16-26(24)27/h3-9,11-16,22,27-28H,2,10,17-20H2,1H3,(H,33,38)(H,34,39)(H,35,36)/t22-,28+/m1/s1. The van der Waals surface area contributed by atoms with Crippen molar-refractivity contribution in [3.8, 4) is 11.1 Å². The molecule has 1 aliphatic carbocycles. The minimum Gasteiger partial charge on any atom is -0.481 e. The quantitative estimate of drug-likeness (QED) is 0.257. The van der Waals surface area contributed by atoms with Crippen molar-refractivity contribution in [3.63, 3.8) is 0 Å². The summed E-state index contributed by atoms with van der Waals surface area (Å²) in [5, 5.41) is 14.4. The molecule has 0 unspecified atom stereocenters. The Bertz CT molecular complexity index is 1330. The Morgan fingerprint density at radius 1 is 0.805 bits per heavy atom. The summed E-state index contributed by atoms with van der Waals surface area (Å²) in [6, 6.07) is 22.9. The van der Waals surface area contributed by atoms with Gasteiger partial charge >= 0.3 is 18.0 Å². The lowest BCUT2D eigenvalue weighted by molar-refractivity contribution is -0.147. The van der Waals surface area contributed by atoms with Crippen LogP contribution in [0.2, 0.25) is 0 Å². The first kappa shape index (κ1) is 29.3. The monoisotopic (exact) mass is 558 g/mol. The molecule has 2 atom stereocenters. The third-order valence-corrected chi connectivity index (χ3v) is 6.97. The number of hydrogen-bond acceptors (Lipinski definition) is 6. The second-order valence-electron chi connectivity index (χ2n) is 9.96. The van der Waals surface area contributed by atoms with E-state index >= 15 is 0 Å². The first-order valence-electron chi connectivity index (χ1n) is 13.7. The van der Waals surface area contributed by atoms with Gasteiger partial charge in [0.15, 0.2) is 0 Å². The molecule has 1 aliphatic rings. The van der Waals surface area contributed by atoms with Gasteiger partial charge in [-0.25, -0.2) is 4.79 Å². The number of carboxylic acid groups (broad SMARTS) is 1. The predicted molar refractivity (Wildman–Crippen MR) is 152 cm³/mol. The molecule has 0 heterocycles. The average molecular weight is 559 g/mol. The molecule has 3 N–H and O–H groups in total. The van der Waals surface area contributed by atoms with E-state index in [1.54, 1.807) is 12.1 Å². The van der Waals surface area contributed by atoms with Crippen LogP contribution in [0.3, 0.4) is 0 Å². The Labute approximate surface area is 238 Å². The largest absolute Gasteiger partial charge is 0.481 e. The zero-order chi connectivity index (χ0) is 29.2. The Morgan fingerprint density at radius 2 is 1.41 bits per heavy atom. The highest BCUT2D eigenvalue weighted by Crippen LogP contribution is 2.44. The summed E-state index contributed by atoms with van der Waals surface area (Å²) in [6.07, 6.45) is -0.534. The van der Waals surface area contributed by atoms with Gasteiger partial charge in [-0.3, -0.25) is 14.4 Å². The molecule has 0 bridgehead atoms. The number of ether oxygens (including phenoxy) is 2. The van der Waals surface area contributed by atoms with Crippen molar-refractivity contribution in [2.75, 3.05) is 6.61 Å². The first-order valence-corrected chi connectivity index (χ1v) is 13.7. The van der Waals surface area contributed by atoms with Crippen molar-refractivity contribution >= 4 is 23.9 Å². The van der Waals surface area contributed by atoms with Gasteiger partial charge in [0.25, 0.3) is 0 Å². The SMILES string of the molecule is CCC[C@H](CC(=O)O)NC(=O)[C@H](CC(=O)OCc1ccccc1)NC(=O)OCC1c2ccccc2-c2ccccc21. The molecular formula is C32H34N2O7. The second kappa shape index (κ2) is 14.1. The van der Waals surface area contributed by atoms with Crippen LogP contribution in [0.15, 0.2) is 78.9 Å². The fourth-order valence-corrected chi connectivity index (χ4v) is 5.04. The summed E-state index contributed by atoms with van der Waals surface area (Å²) >= 11 is 0. The number of carbonyl (C=O) groups is 4. The lowest BCUT2D eigenvalue weighted by atomic mass is 9.98. The Hall–Kier alpha value is -4.66. The number of esters is 1. The van der Waals surface area contributed by atoms with Gasteiger partial charge in [-0.2, -0.15) is 0 Å².